The molecule has 0 aliphatic heterocycles. The molecule has 1 rings (SSSR count). The van der Waals surface area contributed by atoms with E-state index in [1.165, 1.54) is 0 Å². The Kier molecular flexibility index (Phi) is 5.96. The quantitative estimate of drug-likeness (QED) is 0.610. The minimum Gasteiger partial charge on any atom is -0.494 e. The fraction of sp³-hybridized carbons (Fsp3) is 0.455. The third-order valence-electron chi connectivity index (χ3n) is 2.20. The lowest BCUT2D eigenvalue weighted by Crippen LogP contribution is -2.26. The predicted molar refractivity (Wildman–Crippen MR) is 66.2 cm³/mol. The minimum atomic E-state index is -2.55. The molecule has 0 aromatic heterocycles. The standard InChI is InChI=1S/C11H17N2O3S/c1-9(13-17(14)15)5-6-16-11-4-2-3-10(7-11)8-12/h2,4,7,9,17H,5-6,8,12H2,1H3,(H,13,14,15). The normalized spacial score (nSPS) is 12.6. The van der Waals surface area contributed by atoms with Crippen LogP contribution in [0.4, 0.5) is 0 Å². The van der Waals surface area contributed by atoms with Gasteiger partial charge in [-0.15, -0.1) is 0 Å². The molecule has 1 aromatic rings. The number of thiol groups is 1. The van der Waals surface area contributed by atoms with Gasteiger partial charge in [-0.2, -0.15) is 0 Å². The van der Waals surface area contributed by atoms with Crippen molar-refractivity contribution in [1.82, 2.24) is 4.72 Å². The summed E-state index contributed by atoms with van der Waals surface area (Å²) in [5, 5.41) is 0. The van der Waals surface area contributed by atoms with E-state index in [2.05, 4.69) is 10.8 Å². The van der Waals surface area contributed by atoms with E-state index in [-0.39, 0.29) is 6.04 Å². The fourth-order valence-electron chi connectivity index (χ4n) is 1.30. The third-order valence-corrected chi connectivity index (χ3v) is 2.85. The van der Waals surface area contributed by atoms with E-state index in [1.807, 2.05) is 6.07 Å². The summed E-state index contributed by atoms with van der Waals surface area (Å²) < 4.78 is 28.7. The number of nitrogens with one attached hydrogen (secondary N) is 1. The zero-order chi connectivity index (χ0) is 12.7. The zero-order valence-corrected chi connectivity index (χ0v) is 10.6. The molecule has 0 aliphatic rings. The highest BCUT2D eigenvalue weighted by atomic mass is 32.2. The van der Waals surface area contributed by atoms with Crippen molar-refractivity contribution >= 4 is 10.9 Å². The van der Waals surface area contributed by atoms with E-state index in [4.69, 9.17) is 10.5 Å². The molecule has 17 heavy (non-hydrogen) atoms. The zero-order valence-electron chi connectivity index (χ0n) is 9.68. The maximum Gasteiger partial charge on any atom is 0.201 e. The largest absolute Gasteiger partial charge is 0.494 e. The highest BCUT2D eigenvalue weighted by molar-refractivity contribution is 7.70. The van der Waals surface area contributed by atoms with Gasteiger partial charge in [0.05, 0.1) is 6.61 Å². The van der Waals surface area contributed by atoms with E-state index in [1.54, 1.807) is 19.1 Å². The molecular weight excluding hydrogens is 240 g/mol. The molecule has 0 heterocycles. The molecule has 0 aliphatic carbocycles. The average Bonchev–Trinajstić information content (AvgIpc) is 2.28. The van der Waals surface area contributed by atoms with Gasteiger partial charge in [0.25, 0.3) is 0 Å². The van der Waals surface area contributed by atoms with Crippen LogP contribution >= 0.6 is 0 Å². The summed E-state index contributed by atoms with van der Waals surface area (Å²) in [6.07, 6.45) is 0.611. The first kappa shape index (κ1) is 14.0. The van der Waals surface area contributed by atoms with Crippen LogP contribution in [0.3, 0.4) is 0 Å². The Morgan fingerprint density at radius 3 is 3.00 bits per heavy atom. The van der Waals surface area contributed by atoms with Gasteiger partial charge in [0, 0.05) is 12.6 Å². The van der Waals surface area contributed by atoms with Crippen LogP contribution in [0.1, 0.15) is 18.9 Å². The van der Waals surface area contributed by atoms with Crippen molar-refractivity contribution in [3.63, 3.8) is 0 Å². The Labute approximate surface area is 103 Å². The lowest BCUT2D eigenvalue weighted by molar-refractivity contribution is 0.297. The van der Waals surface area contributed by atoms with E-state index in [0.717, 1.165) is 11.3 Å². The summed E-state index contributed by atoms with van der Waals surface area (Å²) in [7, 11) is -2.55. The van der Waals surface area contributed by atoms with Crippen LogP contribution in [0.15, 0.2) is 18.2 Å². The number of ether oxygens (including phenoxy) is 1. The van der Waals surface area contributed by atoms with Gasteiger partial charge in [0.1, 0.15) is 5.75 Å². The Hall–Kier alpha value is -1.11. The van der Waals surface area contributed by atoms with E-state index < -0.39 is 10.9 Å². The lowest BCUT2D eigenvalue weighted by atomic mass is 10.2. The van der Waals surface area contributed by atoms with Crippen molar-refractivity contribution in [3.05, 3.63) is 29.8 Å². The lowest BCUT2D eigenvalue weighted by Gasteiger charge is -2.11. The second-order valence-corrected chi connectivity index (χ2v) is 4.45. The van der Waals surface area contributed by atoms with Gasteiger partial charge in [-0.25, -0.2) is 13.1 Å². The molecule has 6 heteroatoms. The molecule has 3 N–H and O–H groups in total. The monoisotopic (exact) mass is 257 g/mol. The molecule has 95 valence electrons. The number of hydrogen-bond acceptors (Lipinski definition) is 4. The smallest absolute Gasteiger partial charge is 0.201 e. The second kappa shape index (κ2) is 7.26. The highest BCUT2D eigenvalue weighted by Crippen LogP contribution is 2.12. The summed E-state index contributed by atoms with van der Waals surface area (Å²) in [6, 6.07) is 8.24. The molecule has 1 radical (unpaired) electrons. The molecule has 0 saturated heterocycles. The molecule has 0 bridgehead atoms. The van der Waals surface area contributed by atoms with E-state index >= 15 is 0 Å². The summed E-state index contributed by atoms with van der Waals surface area (Å²) in [5.41, 5.74) is 6.37. The first-order chi connectivity index (χ1) is 8.11. The van der Waals surface area contributed by atoms with Gasteiger partial charge in [-0.1, -0.05) is 6.07 Å². The molecule has 0 fully saturated rings. The highest BCUT2D eigenvalue weighted by Gasteiger charge is 2.02. The van der Waals surface area contributed by atoms with Crippen molar-refractivity contribution in [2.45, 2.75) is 25.9 Å². The summed E-state index contributed by atoms with van der Waals surface area (Å²) in [6.45, 7) is 2.66. The number of rotatable bonds is 7. The van der Waals surface area contributed by atoms with Crippen molar-refractivity contribution in [2.24, 2.45) is 5.73 Å². The van der Waals surface area contributed by atoms with Crippen LogP contribution in [-0.4, -0.2) is 21.1 Å². The Balaban J connectivity index is 2.35. The minimum absolute atomic E-state index is 0.125. The summed E-state index contributed by atoms with van der Waals surface area (Å²) in [5.74, 6) is 0.725. The van der Waals surface area contributed by atoms with Crippen LogP contribution < -0.4 is 15.2 Å². The van der Waals surface area contributed by atoms with Gasteiger partial charge in [0.2, 0.25) is 10.9 Å². The van der Waals surface area contributed by atoms with Crippen LogP contribution in [-0.2, 0) is 17.4 Å². The first-order valence-electron chi connectivity index (χ1n) is 5.36. The predicted octanol–water partition coefficient (Wildman–Crippen LogP) is 0.219. The van der Waals surface area contributed by atoms with Crippen molar-refractivity contribution in [3.8, 4) is 5.75 Å². The Morgan fingerprint density at radius 2 is 2.35 bits per heavy atom. The van der Waals surface area contributed by atoms with Crippen LogP contribution in [0.5, 0.6) is 5.75 Å². The Morgan fingerprint density at radius 1 is 1.59 bits per heavy atom. The SMILES string of the molecule is CC(CCOc1cc[c]c(CN)c1)N[SH](=O)=O. The maximum absolute atomic E-state index is 10.4. The molecule has 5 nitrogen and oxygen atoms in total. The van der Waals surface area contributed by atoms with E-state index in [0.29, 0.717) is 19.6 Å². The van der Waals surface area contributed by atoms with Gasteiger partial charge in [-0.3, -0.25) is 0 Å². The van der Waals surface area contributed by atoms with Crippen molar-refractivity contribution in [1.29, 1.82) is 0 Å². The molecule has 0 saturated carbocycles. The first-order valence-corrected chi connectivity index (χ1v) is 6.53. The van der Waals surface area contributed by atoms with Gasteiger partial charge >= 0.3 is 0 Å². The van der Waals surface area contributed by atoms with Crippen LogP contribution in [0.25, 0.3) is 0 Å². The molecule has 1 atom stereocenters. The van der Waals surface area contributed by atoms with Gasteiger partial charge < -0.3 is 10.5 Å². The van der Waals surface area contributed by atoms with Gasteiger partial charge in [-0.05, 0) is 37.1 Å². The fourth-order valence-corrected chi connectivity index (χ4v) is 1.79. The maximum atomic E-state index is 10.4. The van der Waals surface area contributed by atoms with Crippen LogP contribution in [0, 0.1) is 6.07 Å². The molecule has 0 amide bonds. The van der Waals surface area contributed by atoms with Gasteiger partial charge in [0.15, 0.2) is 0 Å². The molecule has 1 aromatic carbocycles. The summed E-state index contributed by atoms with van der Waals surface area (Å²) in [4.78, 5) is 0. The van der Waals surface area contributed by atoms with Crippen LogP contribution in [0.2, 0.25) is 0 Å². The average molecular weight is 257 g/mol. The van der Waals surface area contributed by atoms with Crippen molar-refractivity contribution < 1.29 is 13.2 Å². The summed E-state index contributed by atoms with van der Waals surface area (Å²) >= 11 is 0. The molecular formula is C11H17N2O3S. The second-order valence-electron chi connectivity index (χ2n) is 3.68. The van der Waals surface area contributed by atoms with E-state index in [9.17, 15) is 8.42 Å². The topological polar surface area (TPSA) is 81.4 Å². The third kappa shape index (κ3) is 5.67. The number of benzene rings is 1. The molecule has 0 spiro atoms. The Bertz CT molecular complexity index is 413. The van der Waals surface area contributed by atoms with Crippen molar-refractivity contribution in [2.75, 3.05) is 6.61 Å². The molecule has 1 unspecified atom stereocenters. The number of nitrogens with two attached hydrogens (primary N) is 1. The number of hydrogen-bond donors (Lipinski definition) is 3.